The molecule has 1 aliphatic carbocycles. The van der Waals surface area contributed by atoms with Gasteiger partial charge >= 0.3 is 0 Å². The normalized spacial score (nSPS) is 33.2. The largest absolute Gasteiger partial charge is 0.396 e. The lowest BCUT2D eigenvalue weighted by atomic mass is 9.99. The Morgan fingerprint density at radius 3 is 2.67 bits per heavy atom. The summed E-state index contributed by atoms with van der Waals surface area (Å²) in [5, 5.41) is 8.93. The third-order valence-electron chi connectivity index (χ3n) is 3.03. The van der Waals surface area contributed by atoms with E-state index in [9.17, 15) is 0 Å². The average Bonchev–Trinajstić information content (AvgIpc) is 2.61. The standard InChI is InChI=1S/C11H20O/c1-9(2)5-4-6-11(3)7-10(11)8-12/h5,10,12H,4,6-8H2,1-3H3/t10-,11-/m1/s1. The lowest BCUT2D eigenvalue weighted by molar-refractivity contribution is 0.250. The van der Waals surface area contributed by atoms with Crippen molar-refractivity contribution >= 4 is 0 Å². The lowest BCUT2D eigenvalue weighted by Gasteiger charge is -2.07. The maximum atomic E-state index is 8.93. The van der Waals surface area contributed by atoms with Gasteiger partial charge in [0.05, 0.1) is 0 Å². The van der Waals surface area contributed by atoms with Crippen LogP contribution in [0.25, 0.3) is 0 Å². The van der Waals surface area contributed by atoms with E-state index in [-0.39, 0.29) is 0 Å². The molecule has 1 N–H and O–H groups in total. The third kappa shape index (κ3) is 2.34. The van der Waals surface area contributed by atoms with Gasteiger partial charge in [0, 0.05) is 6.61 Å². The van der Waals surface area contributed by atoms with Crippen LogP contribution in [0, 0.1) is 11.3 Å². The molecule has 0 bridgehead atoms. The van der Waals surface area contributed by atoms with Crippen LogP contribution >= 0.6 is 0 Å². The molecule has 0 aliphatic heterocycles. The van der Waals surface area contributed by atoms with Gasteiger partial charge in [0.25, 0.3) is 0 Å². The molecule has 0 saturated heterocycles. The molecule has 2 atom stereocenters. The molecule has 1 aliphatic rings. The molecule has 12 heavy (non-hydrogen) atoms. The van der Waals surface area contributed by atoms with E-state index in [0.29, 0.717) is 17.9 Å². The van der Waals surface area contributed by atoms with Gasteiger partial charge in [-0.2, -0.15) is 0 Å². The van der Waals surface area contributed by atoms with Gasteiger partial charge in [0.1, 0.15) is 0 Å². The fraction of sp³-hybridized carbons (Fsp3) is 0.818. The molecule has 0 spiro atoms. The van der Waals surface area contributed by atoms with Crippen molar-refractivity contribution in [1.29, 1.82) is 0 Å². The first-order valence-corrected chi connectivity index (χ1v) is 4.83. The average molecular weight is 168 g/mol. The lowest BCUT2D eigenvalue weighted by Crippen LogP contribution is -2.00. The van der Waals surface area contributed by atoms with Crippen LogP contribution in [0.3, 0.4) is 0 Å². The number of aliphatic hydroxyl groups excluding tert-OH is 1. The van der Waals surface area contributed by atoms with Crippen molar-refractivity contribution < 1.29 is 5.11 Å². The van der Waals surface area contributed by atoms with Gasteiger partial charge in [-0.05, 0) is 44.4 Å². The Morgan fingerprint density at radius 2 is 2.25 bits per heavy atom. The Hall–Kier alpha value is -0.300. The molecule has 0 aromatic heterocycles. The van der Waals surface area contributed by atoms with E-state index >= 15 is 0 Å². The number of hydrogen-bond acceptors (Lipinski definition) is 1. The second-order valence-electron chi connectivity index (χ2n) is 4.56. The Morgan fingerprint density at radius 1 is 1.58 bits per heavy atom. The van der Waals surface area contributed by atoms with Crippen molar-refractivity contribution in [3.05, 3.63) is 11.6 Å². The summed E-state index contributed by atoms with van der Waals surface area (Å²) in [7, 11) is 0. The number of allylic oxidation sites excluding steroid dienone is 2. The highest BCUT2D eigenvalue weighted by Crippen LogP contribution is 2.55. The molecular weight excluding hydrogens is 148 g/mol. The number of aliphatic hydroxyl groups is 1. The van der Waals surface area contributed by atoms with Crippen molar-refractivity contribution in [2.45, 2.75) is 40.0 Å². The Bertz CT molecular complexity index is 179. The highest BCUT2D eigenvalue weighted by molar-refractivity contribution is 5.01. The van der Waals surface area contributed by atoms with Crippen LogP contribution in [-0.4, -0.2) is 11.7 Å². The molecule has 1 heteroatoms. The van der Waals surface area contributed by atoms with E-state index in [2.05, 4.69) is 26.8 Å². The molecule has 1 saturated carbocycles. The summed E-state index contributed by atoms with van der Waals surface area (Å²) in [6.07, 6.45) is 5.93. The number of hydrogen-bond donors (Lipinski definition) is 1. The topological polar surface area (TPSA) is 20.2 Å². The molecule has 1 nitrogen and oxygen atoms in total. The van der Waals surface area contributed by atoms with Crippen molar-refractivity contribution in [3.63, 3.8) is 0 Å². The minimum Gasteiger partial charge on any atom is -0.396 e. The predicted molar refractivity (Wildman–Crippen MR) is 52.0 cm³/mol. The SMILES string of the molecule is CC(C)=CCC[C@]1(C)C[C@@H]1CO. The maximum Gasteiger partial charge on any atom is 0.0464 e. The van der Waals surface area contributed by atoms with Crippen molar-refractivity contribution in [3.8, 4) is 0 Å². The van der Waals surface area contributed by atoms with Crippen LogP contribution in [0.1, 0.15) is 40.0 Å². The van der Waals surface area contributed by atoms with Crippen LogP contribution < -0.4 is 0 Å². The second-order valence-corrected chi connectivity index (χ2v) is 4.56. The smallest absolute Gasteiger partial charge is 0.0464 e. The first-order chi connectivity index (χ1) is 5.58. The summed E-state index contributed by atoms with van der Waals surface area (Å²) in [5.41, 5.74) is 1.86. The van der Waals surface area contributed by atoms with Crippen molar-refractivity contribution in [1.82, 2.24) is 0 Å². The molecular formula is C11H20O. The minimum atomic E-state index is 0.380. The zero-order valence-electron chi connectivity index (χ0n) is 8.43. The summed E-state index contributed by atoms with van der Waals surface area (Å²) in [6, 6.07) is 0. The molecule has 0 heterocycles. The summed E-state index contributed by atoms with van der Waals surface area (Å²) in [5.74, 6) is 0.586. The molecule has 70 valence electrons. The fourth-order valence-corrected chi connectivity index (χ4v) is 1.79. The second kappa shape index (κ2) is 3.61. The molecule has 0 amide bonds. The van der Waals surface area contributed by atoms with E-state index in [1.807, 2.05) is 0 Å². The fourth-order valence-electron chi connectivity index (χ4n) is 1.79. The van der Waals surface area contributed by atoms with Crippen molar-refractivity contribution in [2.24, 2.45) is 11.3 Å². The quantitative estimate of drug-likeness (QED) is 0.640. The van der Waals surface area contributed by atoms with E-state index in [0.717, 1.165) is 0 Å². The van der Waals surface area contributed by atoms with Gasteiger partial charge in [0.15, 0.2) is 0 Å². The Labute approximate surface area is 75.5 Å². The first kappa shape index (κ1) is 9.79. The van der Waals surface area contributed by atoms with Crippen LogP contribution in [0.2, 0.25) is 0 Å². The van der Waals surface area contributed by atoms with Gasteiger partial charge in [-0.15, -0.1) is 0 Å². The maximum absolute atomic E-state index is 8.93. The van der Waals surface area contributed by atoms with Gasteiger partial charge in [-0.25, -0.2) is 0 Å². The molecule has 0 radical (unpaired) electrons. The van der Waals surface area contributed by atoms with Gasteiger partial charge in [-0.3, -0.25) is 0 Å². The highest BCUT2D eigenvalue weighted by atomic mass is 16.3. The highest BCUT2D eigenvalue weighted by Gasteiger charge is 2.48. The van der Waals surface area contributed by atoms with Gasteiger partial charge < -0.3 is 5.11 Å². The van der Waals surface area contributed by atoms with Crippen LogP contribution in [-0.2, 0) is 0 Å². The summed E-state index contributed by atoms with van der Waals surface area (Å²) in [6.45, 7) is 6.94. The Balaban J connectivity index is 2.21. The summed E-state index contributed by atoms with van der Waals surface area (Å²) < 4.78 is 0. The molecule has 0 aromatic carbocycles. The van der Waals surface area contributed by atoms with E-state index < -0.39 is 0 Å². The van der Waals surface area contributed by atoms with Crippen molar-refractivity contribution in [2.75, 3.05) is 6.61 Å². The summed E-state index contributed by atoms with van der Waals surface area (Å²) in [4.78, 5) is 0. The third-order valence-corrected chi connectivity index (χ3v) is 3.03. The van der Waals surface area contributed by atoms with E-state index in [1.54, 1.807) is 0 Å². The van der Waals surface area contributed by atoms with Crippen LogP contribution in [0.5, 0.6) is 0 Å². The zero-order valence-corrected chi connectivity index (χ0v) is 8.43. The summed E-state index contributed by atoms with van der Waals surface area (Å²) >= 11 is 0. The van der Waals surface area contributed by atoms with Gasteiger partial charge in [-0.1, -0.05) is 18.6 Å². The molecule has 0 aromatic rings. The molecule has 0 unspecified atom stereocenters. The minimum absolute atomic E-state index is 0.380. The number of rotatable bonds is 4. The van der Waals surface area contributed by atoms with E-state index in [4.69, 9.17) is 5.11 Å². The van der Waals surface area contributed by atoms with Crippen LogP contribution in [0.15, 0.2) is 11.6 Å². The Kier molecular flexibility index (Phi) is 2.94. The van der Waals surface area contributed by atoms with Crippen LogP contribution in [0.4, 0.5) is 0 Å². The predicted octanol–water partition coefficient (Wildman–Crippen LogP) is 2.75. The first-order valence-electron chi connectivity index (χ1n) is 4.83. The molecule has 1 fully saturated rings. The monoisotopic (exact) mass is 168 g/mol. The van der Waals surface area contributed by atoms with E-state index in [1.165, 1.54) is 24.8 Å². The van der Waals surface area contributed by atoms with Gasteiger partial charge in [0.2, 0.25) is 0 Å². The molecule has 1 rings (SSSR count). The zero-order chi connectivity index (χ0) is 9.19.